The van der Waals surface area contributed by atoms with Gasteiger partial charge < -0.3 is 5.32 Å². The highest BCUT2D eigenvalue weighted by Crippen LogP contribution is 2.48. The summed E-state index contributed by atoms with van der Waals surface area (Å²) >= 11 is 0. The van der Waals surface area contributed by atoms with E-state index in [1.807, 2.05) is 0 Å². The van der Waals surface area contributed by atoms with Crippen molar-refractivity contribution in [2.45, 2.75) is 39.2 Å². The van der Waals surface area contributed by atoms with Crippen LogP contribution in [0.25, 0.3) is 0 Å². The molecule has 0 aromatic heterocycles. The van der Waals surface area contributed by atoms with Gasteiger partial charge in [0.05, 0.1) is 0 Å². The molecule has 0 bridgehead atoms. The predicted octanol–water partition coefficient (Wildman–Crippen LogP) is 3.29. The summed E-state index contributed by atoms with van der Waals surface area (Å²) in [5.74, 6) is -0.919. The van der Waals surface area contributed by atoms with Gasteiger partial charge in [-0.15, -0.1) is 0 Å². The van der Waals surface area contributed by atoms with E-state index in [2.05, 4.69) is 19.2 Å². The van der Waals surface area contributed by atoms with Crippen LogP contribution in [0.15, 0.2) is 18.2 Å². The SMILES string of the molecule is CC(C)NCC1(Cc2ccc(F)cc2F)CC1. The minimum absolute atomic E-state index is 0.197. The molecule has 3 heteroatoms. The van der Waals surface area contributed by atoms with Gasteiger partial charge in [-0.1, -0.05) is 19.9 Å². The summed E-state index contributed by atoms with van der Waals surface area (Å²) in [7, 11) is 0. The van der Waals surface area contributed by atoms with E-state index in [0.717, 1.165) is 25.5 Å². The molecule has 0 atom stereocenters. The van der Waals surface area contributed by atoms with Crippen LogP contribution in [0.2, 0.25) is 0 Å². The van der Waals surface area contributed by atoms with Crippen LogP contribution in [-0.2, 0) is 6.42 Å². The number of nitrogens with one attached hydrogen (secondary N) is 1. The molecule has 0 amide bonds. The molecule has 0 spiro atoms. The third-order valence-corrected chi connectivity index (χ3v) is 3.42. The van der Waals surface area contributed by atoms with Crippen LogP contribution >= 0.6 is 0 Å². The monoisotopic (exact) mass is 239 g/mol. The van der Waals surface area contributed by atoms with Crippen LogP contribution in [0.3, 0.4) is 0 Å². The second-order valence-electron chi connectivity index (χ2n) is 5.45. The quantitative estimate of drug-likeness (QED) is 0.831. The molecule has 17 heavy (non-hydrogen) atoms. The van der Waals surface area contributed by atoms with Gasteiger partial charge in [-0.25, -0.2) is 8.78 Å². The van der Waals surface area contributed by atoms with Gasteiger partial charge in [-0.2, -0.15) is 0 Å². The normalized spacial score (nSPS) is 17.5. The van der Waals surface area contributed by atoms with Crippen molar-refractivity contribution < 1.29 is 8.78 Å². The lowest BCUT2D eigenvalue weighted by molar-refractivity contribution is 0.422. The molecule has 1 saturated carbocycles. The lowest BCUT2D eigenvalue weighted by Crippen LogP contribution is -2.31. The van der Waals surface area contributed by atoms with E-state index in [-0.39, 0.29) is 5.41 Å². The van der Waals surface area contributed by atoms with Crippen LogP contribution in [0.5, 0.6) is 0 Å². The largest absolute Gasteiger partial charge is 0.314 e. The van der Waals surface area contributed by atoms with Crippen molar-refractivity contribution >= 4 is 0 Å². The van der Waals surface area contributed by atoms with Gasteiger partial charge in [0.1, 0.15) is 11.6 Å². The molecule has 1 aliphatic rings. The summed E-state index contributed by atoms with van der Waals surface area (Å²) in [5, 5.41) is 3.40. The standard InChI is InChI=1S/C14H19F2N/c1-10(2)17-9-14(5-6-14)8-11-3-4-12(15)7-13(11)16/h3-4,7,10,17H,5-6,8-9H2,1-2H3. The third-order valence-electron chi connectivity index (χ3n) is 3.42. The van der Waals surface area contributed by atoms with Crippen molar-refractivity contribution in [3.05, 3.63) is 35.4 Å². The summed E-state index contributed by atoms with van der Waals surface area (Å²) in [4.78, 5) is 0. The van der Waals surface area contributed by atoms with Crippen molar-refractivity contribution in [2.24, 2.45) is 5.41 Å². The lowest BCUT2D eigenvalue weighted by atomic mass is 9.95. The average molecular weight is 239 g/mol. The number of hydrogen-bond acceptors (Lipinski definition) is 1. The minimum Gasteiger partial charge on any atom is -0.314 e. The summed E-state index contributed by atoms with van der Waals surface area (Å²) in [6.45, 7) is 5.13. The van der Waals surface area contributed by atoms with Crippen molar-refractivity contribution in [1.82, 2.24) is 5.32 Å². The van der Waals surface area contributed by atoms with Gasteiger partial charge >= 0.3 is 0 Å². The Morgan fingerprint density at radius 1 is 1.29 bits per heavy atom. The molecule has 2 rings (SSSR count). The second-order valence-corrected chi connectivity index (χ2v) is 5.45. The molecule has 1 aliphatic carbocycles. The first kappa shape index (κ1) is 12.5. The number of rotatable bonds is 5. The summed E-state index contributed by atoms with van der Waals surface area (Å²) in [5.41, 5.74) is 0.831. The average Bonchev–Trinajstić information content (AvgIpc) is 3.00. The molecule has 1 nitrogen and oxygen atoms in total. The first-order chi connectivity index (χ1) is 8.01. The van der Waals surface area contributed by atoms with E-state index in [0.29, 0.717) is 18.0 Å². The molecule has 1 aromatic carbocycles. The number of halogens is 2. The van der Waals surface area contributed by atoms with Crippen LogP contribution in [-0.4, -0.2) is 12.6 Å². The molecule has 0 radical (unpaired) electrons. The van der Waals surface area contributed by atoms with Crippen LogP contribution in [0.4, 0.5) is 8.78 Å². The maximum Gasteiger partial charge on any atom is 0.129 e. The Bertz CT molecular complexity index is 397. The lowest BCUT2D eigenvalue weighted by Gasteiger charge is -2.18. The zero-order valence-corrected chi connectivity index (χ0v) is 10.4. The van der Waals surface area contributed by atoms with E-state index in [1.54, 1.807) is 6.07 Å². The maximum absolute atomic E-state index is 13.5. The van der Waals surface area contributed by atoms with E-state index in [9.17, 15) is 8.78 Å². The Balaban J connectivity index is 2.00. The zero-order valence-electron chi connectivity index (χ0n) is 10.4. The Kier molecular flexibility index (Phi) is 3.48. The summed E-state index contributed by atoms with van der Waals surface area (Å²) in [6, 6.07) is 4.33. The Morgan fingerprint density at radius 3 is 2.53 bits per heavy atom. The van der Waals surface area contributed by atoms with Gasteiger partial charge in [0, 0.05) is 18.7 Å². The van der Waals surface area contributed by atoms with Gasteiger partial charge in [-0.3, -0.25) is 0 Å². The zero-order chi connectivity index (χ0) is 12.5. The molecule has 94 valence electrons. The minimum atomic E-state index is -0.503. The Morgan fingerprint density at radius 2 is 2.00 bits per heavy atom. The van der Waals surface area contributed by atoms with Gasteiger partial charge in [0.25, 0.3) is 0 Å². The molecular weight excluding hydrogens is 220 g/mol. The van der Waals surface area contributed by atoms with E-state index < -0.39 is 11.6 Å². The van der Waals surface area contributed by atoms with Gasteiger partial charge in [-0.05, 0) is 36.3 Å². The van der Waals surface area contributed by atoms with Crippen molar-refractivity contribution in [3.8, 4) is 0 Å². The molecule has 0 saturated heterocycles. The van der Waals surface area contributed by atoms with E-state index in [1.165, 1.54) is 6.07 Å². The smallest absolute Gasteiger partial charge is 0.129 e. The molecular formula is C14H19F2N. The third kappa shape index (κ3) is 3.25. The van der Waals surface area contributed by atoms with Crippen LogP contribution < -0.4 is 5.32 Å². The summed E-state index contributed by atoms with van der Waals surface area (Å²) in [6.07, 6.45) is 2.96. The van der Waals surface area contributed by atoms with Gasteiger partial charge in [0.2, 0.25) is 0 Å². The molecule has 1 fully saturated rings. The van der Waals surface area contributed by atoms with E-state index in [4.69, 9.17) is 0 Å². The first-order valence-corrected chi connectivity index (χ1v) is 6.18. The highest BCUT2D eigenvalue weighted by molar-refractivity contribution is 5.22. The highest BCUT2D eigenvalue weighted by Gasteiger charge is 2.42. The van der Waals surface area contributed by atoms with Crippen LogP contribution in [0, 0.1) is 17.0 Å². The predicted molar refractivity (Wildman–Crippen MR) is 64.9 cm³/mol. The molecule has 1 N–H and O–H groups in total. The molecule has 0 aliphatic heterocycles. The fourth-order valence-corrected chi connectivity index (χ4v) is 2.08. The molecule has 0 unspecified atom stereocenters. The maximum atomic E-state index is 13.5. The summed E-state index contributed by atoms with van der Waals surface area (Å²) < 4.78 is 26.3. The van der Waals surface area contributed by atoms with Crippen molar-refractivity contribution in [1.29, 1.82) is 0 Å². The fraction of sp³-hybridized carbons (Fsp3) is 0.571. The number of hydrogen-bond donors (Lipinski definition) is 1. The Labute approximate surface area is 101 Å². The topological polar surface area (TPSA) is 12.0 Å². The second kappa shape index (κ2) is 4.73. The molecule has 1 aromatic rings. The van der Waals surface area contributed by atoms with Crippen LogP contribution in [0.1, 0.15) is 32.3 Å². The Hall–Kier alpha value is -0.960. The van der Waals surface area contributed by atoms with E-state index >= 15 is 0 Å². The molecule has 0 heterocycles. The van der Waals surface area contributed by atoms with Gasteiger partial charge in [0.15, 0.2) is 0 Å². The first-order valence-electron chi connectivity index (χ1n) is 6.18. The fourth-order valence-electron chi connectivity index (χ4n) is 2.08. The highest BCUT2D eigenvalue weighted by atomic mass is 19.1. The van der Waals surface area contributed by atoms with Crippen molar-refractivity contribution in [2.75, 3.05) is 6.54 Å². The van der Waals surface area contributed by atoms with Crippen molar-refractivity contribution in [3.63, 3.8) is 0 Å². The number of benzene rings is 1.